The highest BCUT2D eigenvalue weighted by atomic mass is 19.1. The summed E-state index contributed by atoms with van der Waals surface area (Å²) in [4.78, 5) is 68.2. The van der Waals surface area contributed by atoms with Crippen LogP contribution in [-0.2, 0) is 39.9 Å². The van der Waals surface area contributed by atoms with E-state index in [1.807, 2.05) is 40.7 Å². The van der Waals surface area contributed by atoms with E-state index in [9.17, 15) is 29.1 Å². The third kappa shape index (κ3) is 13.6. The first-order valence-corrected chi connectivity index (χ1v) is 20.5. The van der Waals surface area contributed by atoms with Crippen molar-refractivity contribution < 1.29 is 42.9 Å². The first kappa shape index (κ1) is 48.7. The molecule has 0 saturated carbocycles. The molecule has 0 aromatic heterocycles. The van der Waals surface area contributed by atoms with Crippen LogP contribution in [0.5, 0.6) is 0 Å². The summed E-state index contributed by atoms with van der Waals surface area (Å²) < 4.78 is 26.9. The van der Waals surface area contributed by atoms with Crippen LogP contribution in [0.4, 0.5) is 4.39 Å². The fourth-order valence-corrected chi connectivity index (χ4v) is 8.22. The maximum Gasteiger partial charge on any atom is 0.326 e. The van der Waals surface area contributed by atoms with Crippen molar-refractivity contribution in [1.29, 1.82) is 0 Å². The van der Waals surface area contributed by atoms with Gasteiger partial charge in [-0.2, -0.15) is 0 Å². The molecule has 1 fully saturated rings. The van der Waals surface area contributed by atoms with Gasteiger partial charge in [0.15, 0.2) is 5.78 Å². The van der Waals surface area contributed by atoms with E-state index >= 15 is 4.39 Å². The van der Waals surface area contributed by atoms with Gasteiger partial charge < -0.3 is 35.4 Å². The predicted octanol–water partition coefficient (Wildman–Crippen LogP) is 5.22. The summed E-state index contributed by atoms with van der Waals surface area (Å²) in [6, 6.07) is 5.97. The lowest BCUT2D eigenvalue weighted by Gasteiger charge is -2.36. The number of carboxylic acids is 1. The number of alkyl halides is 1. The fraction of sp³-hybridized carbons (Fsp3) is 0.744. The Morgan fingerprint density at radius 2 is 1.50 bits per heavy atom. The van der Waals surface area contributed by atoms with Crippen LogP contribution in [0.2, 0.25) is 0 Å². The monoisotopic (exact) mass is 791 g/mol. The number of carboxylic acid groups (broad SMARTS) is 1. The van der Waals surface area contributed by atoms with E-state index in [1.54, 1.807) is 45.3 Å². The Balaban J connectivity index is 2.23. The van der Waals surface area contributed by atoms with E-state index in [4.69, 9.17) is 9.47 Å². The molecule has 11 atom stereocenters. The number of nitrogens with one attached hydrogen (secondary N) is 3. The van der Waals surface area contributed by atoms with Crippen LogP contribution in [0.3, 0.4) is 0 Å². The number of ketones is 1. The van der Waals surface area contributed by atoms with Crippen LogP contribution >= 0.6 is 0 Å². The number of benzene rings is 1. The molecule has 56 heavy (non-hydrogen) atoms. The Morgan fingerprint density at radius 1 is 0.875 bits per heavy atom. The third-order valence-corrected chi connectivity index (χ3v) is 11.9. The topological polar surface area (TPSA) is 163 Å². The van der Waals surface area contributed by atoms with Crippen molar-refractivity contribution in [1.82, 2.24) is 20.9 Å². The molecule has 1 aliphatic heterocycles. The highest BCUT2D eigenvalue weighted by molar-refractivity contribution is 5.92. The third-order valence-electron chi connectivity index (χ3n) is 11.9. The van der Waals surface area contributed by atoms with Crippen molar-refractivity contribution in [2.45, 2.75) is 143 Å². The maximum absolute atomic E-state index is 15.2. The van der Waals surface area contributed by atoms with E-state index in [-0.39, 0.29) is 73.0 Å². The number of likely N-dealkylation sites (tertiary alicyclic amines) is 1. The Kier molecular flexibility index (Phi) is 20.6. The molecule has 4 N–H and O–H groups in total. The molecule has 1 heterocycles. The SMILES string of the molecule is CCC(CCC([C@@H](C)CC)[C@@H](CC(=O)N1C[C@@H](F)C[C@H]1[C@H](OC)[C@@H](C)C(=O)N[C@@H](Cc1ccccc1)C(=O)O)OC)C(=O)[C@@H](NC(=O)[C@@H](NC)C(C)C)C(C)C. The van der Waals surface area contributed by atoms with E-state index < -0.39 is 60.3 Å². The van der Waals surface area contributed by atoms with Crippen LogP contribution < -0.4 is 16.0 Å². The number of Topliss-reactive ketones (excluding diaryl/α,β-unsaturated/α-hetero) is 1. The molecule has 0 radical (unpaired) electrons. The van der Waals surface area contributed by atoms with Crippen molar-refractivity contribution in [3.63, 3.8) is 0 Å². The van der Waals surface area contributed by atoms with Crippen molar-refractivity contribution in [3.05, 3.63) is 35.9 Å². The van der Waals surface area contributed by atoms with Crippen molar-refractivity contribution in [3.8, 4) is 0 Å². The second-order valence-corrected chi connectivity index (χ2v) is 16.4. The predicted molar refractivity (Wildman–Crippen MR) is 216 cm³/mol. The number of amides is 3. The van der Waals surface area contributed by atoms with Gasteiger partial charge >= 0.3 is 5.97 Å². The first-order valence-electron chi connectivity index (χ1n) is 20.5. The summed E-state index contributed by atoms with van der Waals surface area (Å²) in [6.45, 7) is 15.4. The van der Waals surface area contributed by atoms with Gasteiger partial charge in [0.2, 0.25) is 17.7 Å². The van der Waals surface area contributed by atoms with Gasteiger partial charge in [-0.15, -0.1) is 0 Å². The second-order valence-electron chi connectivity index (χ2n) is 16.4. The van der Waals surface area contributed by atoms with E-state index in [1.165, 1.54) is 12.0 Å². The average Bonchev–Trinajstić information content (AvgIpc) is 3.55. The lowest BCUT2D eigenvalue weighted by Crippen LogP contribution is -2.54. The number of methoxy groups -OCH3 is 2. The second kappa shape index (κ2) is 23.7. The Bertz CT molecular complexity index is 1400. The number of hydrogen-bond donors (Lipinski definition) is 4. The van der Waals surface area contributed by atoms with E-state index in [0.717, 1.165) is 12.0 Å². The minimum Gasteiger partial charge on any atom is -0.480 e. The molecule has 318 valence electrons. The number of nitrogens with zero attached hydrogens (tertiary/aromatic N) is 1. The summed E-state index contributed by atoms with van der Waals surface area (Å²) in [7, 11) is 4.70. The number of halogens is 1. The Morgan fingerprint density at radius 3 is 2.00 bits per heavy atom. The van der Waals surface area contributed by atoms with E-state index in [0.29, 0.717) is 19.3 Å². The number of carbonyl (C=O) groups excluding carboxylic acids is 4. The molecule has 12 nitrogen and oxygen atoms in total. The number of likely N-dealkylation sites (N-methyl/N-ethyl adjacent to an activating group) is 1. The molecule has 2 rings (SSSR count). The fourth-order valence-electron chi connectivity index (χ4n) is 8.22. The lowest BCUT2D eigenvalue weighted by molar-refractivity contribution is -0.145. The number of rotatable bonds is 25. The van der Waals surface area contributed by atoms with Crippen LogP contribution in [0.1, 0.15) is 99.5 Å². The summed E-state index contributed by atoms with van der Waals surface area (Å²) >= 11 is 0. The van der Waals surface area contributed by atoms with Crippen LogP contribution in [0.25, 0.3) is 0 Å². The molecule has 1 aromatic rings. The number of carbonyl (C=O) groups is 5. The molecule has 0 bridgehead atoms. The molecule has 13 heteroatoms. The van der Waals surface area contributed by atoms with Crippen LogP contribution in [0, 0.1) is 35.5 Å². The summed E-state index contributed by atoms with van der Waals surface area (Å²) in [5, 5.41) is 18.6. The number of hydrogen-bond acceptors (Lipinski definition) is 8. The highest BCUT2D eigenvalue weighted by Gasteiger charge is 2.45. The standard InChI is InChI=1S/C43H71FN4O8/c1-12-27(7)32(20-19-30(13-2)39(50)37(25(3)4)47-42(52)38(45-9)26(5)6)35(55-10)23-36(49)48-24-31(44)22-34(48)40(56-11)28(8)41(51)46-33(43(53)54)21-29-17-15-14-16-18-29/h14-18,25-28,30-35,37-38,40,45H,12-13,19-24H2,1-11H3,(H,46,51)(H,47,52)(H,53,54)/t27-,28+,30?,31-,32?,33-,34-,35+,37-,38-,40+/m0/s1. The minimum atomic E-state index is -1.33. The zero-order valence-electron chi connectivity index (χ0n) is 35.7. The molecule has 1 aliphatic rings. The smallest absolute Gasteiger partial charge is 0.326 e. The number of aliphatic carboxylic acids is 1. The summed E-state index contributed by atoms with van der Waals surface area (Å²) in [6.07, 6.45) is -0.156. The average molecular weight is 791 g/mol. The molecule has 3 amide bonds. The minimum absolute atomic E-state index is 0.00481. The molecule has 1 aromatic carbocycles. The van der Waals surface area contributed by atoms with Gasteiger partial charge in [-0.1, -0.05) is 92.1 Å². The first-order chi connectivity index (χ1) is 26.4. The quantitative estimate of drug-likeness (QED) is 0.104. The number of ether oxygens (including phenoxy) is 2. The lowest BCUT2D eigenvalue weighted by atomic mass is 9.78. The van der Waals surface area contributed by atoms with Gasteiger partial charge in [-0.05, 0) is 55.5 Å². The van der Waals surface area contributed by atoms with Gasteiger partial charge in [0.05, 0.1) is 49.2 Å². The van der Waals surface area contributed by atoms with Crippen molar-refractivity contribution in [2.75, 3.05) is 27.8 Å². The van der Waals surface area contributed by atoms with Crippen molar-refractivity contribution in [2.24, 2.45) is 35.5 Å². The van der Waals surface area contributed by atoms with Crippen molar-refractivity contribution >= 4 is 29.5 Å². The Hall–Kier alpha value is -3.42. The molecular weight excluding hydrogens is 719 g/mol. The van der Waals surface area contributed by atoms with Gasteiger partial charge in [0, 0.05) is 33.0 Å². The normalized spacial score (nSPS) is 20.7. The molecule has 0 spiro atoms. The molecule has 1 saturated heterocycles. The van der Waals surface area contributed by atoms with Gasteiger partial charge in [-0.25, -0.2) is 9.18 Å². The van der Waals surface area contributed by atoms with Crippen LogP contribution in [0.15, 0.2) is 30.3 Å². The zero-order valence-corrected chi connectivity index (χ0v) is 35.7. The van der Waals surface area contributed by atoms with Crippen LogP contribution in [-0.4, -0.2) is 110 Å². The van der Waals surface area contributed by atoms with Gasteiger partial charge in [-0.3, -0.25) is 19.2 Å². The summed E-state index contributed by atoms with van der Waals surface area (Å²) in [5.41, 5.74) is 0.748. The Labute approximate surface area is 334 Å². The zero-order chi connectivity index (χ0) is 42.3. The molecular formula is C43H71FN4O8. The van der Waals surface area contributed by atoms with Gasteiger partial charge in [0.1, 0.15) is 12.2 Å². The highest BCUT2D eigenvalue weighted by Crippen LogP contribution is 2.34. The maximum atomic E-state index is 15.2. The largest absolute Gasteiger partial charge is 0.480 e. The molecule has 2 unspecified atom stereocenters. The van der Waals surface area contributed by atoms with E-state index in [2.05, 4.69) is 29.8 Å². The molecule has 0 aliphatic carbocycles. The van der Waals surface area contributed by atoms with Gasteiger partial charge in [0.25, 0.3) is 0 Å². The summed E-state index contributed by atoms with van der Waals surface area (Å²) in [5.74, 6) is -3.51.